The van der Waals surface area contributed by atoms with Crippen LogP contribution in [0.2, 0.25) is 0 Å². The Balaban J connectivity index is 1.09. The lowest BCUT2D eigenvalue weighted by atomic mass is 10.0. The molecule has 4 heteroatoms. The van der Waals surface area contributed by atoms with Gasteiger partial charge in [0.2, 0.25) is 0 Å². The van der Waals surface area contributed by atoms with Gasteiger partial charge in [0.25, 0.3) is 0 Å². The Morgan fingerprint density at radius 1 is 0.306 bits per heavy atom. The highest BCUT2D eigenvalue weighted by Gasteiger charge is 2.22. The van der Waals surface area contributed by atoms with Gasteiger partial charge in [0.15, 0.2) is 5.82 Å². The number of para-hydroxylation sites is 1. The summed E-state index contributed by atoms with van der Waals surface area (Å²) in [5, 5.41) is 12.1. The molecule has 0 radical (unpaired) electrons. The first kappa shape index (κ1) is 34.5. The minimum absolute atomic E-state index is 0.698. The molecule has 0 N–H and O–H groups in total. The monoisotopic (exact) mass is 788 g/mol. The molecule has 0 saturated heterocycles. The van der Waals surface area contributed by atoms with Crippen LogP contribution < -0.4 is 0 Å². The second kappa shape index (κ2) is 13.6. The Hall–Kier alpha value is -8.34. The van der Waals surface area contributed by atoms with Crippen LogP contribution in [0.15, 0.2) is 218 Å². The van der Waals surface area contributed by atoms with Crippen molar-refractivity contribution in [3.8, 4) is 45.3 Å². The Morgan fingerprint density at radius 3 is 1.66 bits per heavy atom. The first-order chi connectivity index (χ1) is 30.7. The van der Waals surface area contributed by atoms with Crippen LogP contribution in [-0.4, -0.2) is 19.1 Å². The Morgan fingerprint density at radius 2 is 0.903 bits per heavy atom. The van der Waals surface area contributed by atoms with E-state index in [0.29, 0.717) is 5.82 Å². The largest absolute Gasteiger partial charge is 0.309 e. The number of hydrogen-bond donors (Lipinski definition) is 0. The molecule has 0 atom stereocenters. The number of nitrogens with zero attached hydrogens (tertiary/aromatic N) is 4. The molecule has 3 aromatic heterocycles. The van der Waals surface area contributed by atoms with Crippen LogP contribution in [0.4, 0.5) is 0 Å². The van der Waals surface area contributed by atoms with E-state index in [1.165, 1.54) is 54.1 Å². The average molecular weight is 789 g/mol. The van der Waals surface area contributed by atoms with Gasteiger partial charge in [0, 0.05) is 49.3 Å². The fourth-order valence-electron chi connectivity index (χ4n) is 9.86. The zero-order valence-electron chi connectivity index (χ0n) is 33.6. The number of aromatic nitrogens is 4. The summed E-state index contributed by atoms with van der Waals surface area (Å²) >= 11 is 0. The van der Waals surface area contributed by atoms with Gasteiger partial charge in [-0.3, -0.25) is 0 Å². The van der Waals surface area contributed by atoms with Gasteiger partial charge in [-0.1, -0.05) is 164 Å². The zero-order chi connectivity index (χ0) is 40.7. The van der Waals surface area contributed by atoms with Crippen LogP contribution in [0, 0.1) is 0 Å². The molecule has 0 fully saturated rings. The molecule has 10 aromatic carbocycles. The Kier molecular flexibility index (Phi) is 7.57. The van der Waals surface area contributed by atoms with Gasteiger partial charge in [-0.15, -0.1) is 0 Å². The number of rotatable bonds is 5. The SMILES string of the molecule is c1ccc(-c2cc(-c3ccccc3)nc(-c3ccc(-n4c5ccccc5c5cc6c7c8ccccc8ccc7n(-c7ccc8ccccc8c7)c6cc54)c4ccccc34)n2)cc1. The van der Waals surface area contributed by atoms with Gasteiger partial charge >= 0.3 is 0 Å². The predicted molar refractivity (Wildman–Crippen MR) is 260 cm³/mol. The lowest BCUT2D eigenvalue weighted by Crippen LogP contribution is -1.99. The van der Waals surface area contributed by atoms with E-state index in [9.17, 15) is 0 Å². The highest BCUT2D eigenvalue weighted by molar-refractivity contribution is 6.25. The highest BCUT2D eigenvalue weighted by Crippen LogP contribution is 2.44. The fourth-order valence-corrected chi connectivity index (χ4v) is 9.86. The molecule has 0 aliphatic heterocycles. The molecule has 0 aliphatic carbocycles. The average Bonchev–Trinajstić information content (AvgIpc) is 3.85. The number of benzene rings is 10. The molecule has 3 heterocycles. The van der Waals surface area contributed by atoms with Gasteiger partial charge in [-0.2, -0.15) is 0 Å². The molecular weight excluding hydrogens is 753 g/mol. The van der Waals surface area contributed by atoms with E-state index in [4.69, 9.17) is 9.97 Å². The van der Waals surface area contributed by atoms with Gasteiger partial charge in [-0.25, -0.2) is 9.97 Å². The maximum Gasteiger partial charge on any atom is 0.161 e. The smallest absolute Gasteiger partial charge is 0.161 e. The van der Waals surface area contributed by atoms with E-state index in [1.807, 2.05) is 12.1 Å². The molecule has 13 aromatic rings. The van der Waals surface area contributed by atoms with Crippen molar-refractivity contribution in [3.63, 3.8) is 0 Å². The molecule has 62 heavy (non-hydrogen) atoms. The van der Waals surface area contributed by atoms with Crippen molar-refractivity contribution in [1.29, 1.82) is 0 Å². The third-order valence-electron chi connectivity index (χ3n) is 12.7. The minimum Gasteiger partial charge on any atom is -0.309 e. The lowest BCUT2D eigenvalue weighted by molar-refractivity contribution is 1.17. The summed E-state index contributed by atoms with van der Waals surface area (Å²) in [7, 11) is 0. The third kappa shape index (κ3) is 5.27. The molecule has 0 spiro atoms. The van der Waals surface area contributed by atoms with Crippen molar-refractivity contribution in [2.75, 3.05) is 0 Å². The van der Waals surface area contributed by atoms with Crippen LogP contribution in [0.3, 0.4) is 0 Å². The van der Waals surface area contributed by atoms with E-state index < -0.39 is 0 Å². The van der Waals surface area contributed by atoms with Crippen molar-refractivity contribution in [3.05, 3.63) is 218 Å². The van der Waals surface area contributed by atoms with Gasteiger partial charge in [-0.05, 0) is 81.5 Å². The van der Waals surface area contributed by atoms with Crippen molar-refractivity contribution in [1.82, 2.24) is 19.1 Å². The third-order valence-corrected chi connectivity index (χ3v) is 12.7. The van der Waals surface area contributed by atoms with E-state index in [-0.39, 0.29) is 0 Å². The molecule has 0 bridgehead atoms. The topological polar surface area (TPSA) is 35.6 Å². The predicted octanol–water partition coefficient (Wildman–Crippen LogP) is 15.1. The van der Waals surface area contributed by atoms with E-state index in [0.717, 1.165) is 61.3 Å². The molecule has 288 valence electrons. The summed E-state index contributed by atoms with van der Waals surface area (Å²) < 4.78 is 4.93. The summed E-state index contributed by atoms with van der Waals surface area (Å²) in [5.74, 6) is 0.698. The first-order valence-corrected chi connectivity index (χ1v) is 21.2. The second-order valence-electron chi connectivity index (χ2n) is 16.2. The summed E-state index contributed by atoms with van der Waals surface area (Å²) in [4.78, 5) is 10.5. The summed E-state index contributed by atoms with van der Waals surface area (Å²) in [6.45, 7) is 0. The molecule has 0 amide bonds. The second-order valence-corrected chi connectivity index (χ2v) is 16.2. The molecule has 0 saturated carbocycles. The van der Waals surface area contributed by atoms with E-state index >= 15 is 0 Å². The summed E-state index contributed by atoms with van der Waals surface area (Å²) in [6, 6.07) is 78.6. The normalized spacial score (nSPS) is 11.9. The van der Waals surface area contributed by atoms with Crippen LogP contribution in [0.5, 0.6) is 0 Å². The fraction of sp³-hybridized carbons (Fsp3) is 0. The van der Waals surface area contributed by atoms with Crippen LogP contribution in [0.1, 0.15) is 0 Å². The Bertz CT molecular complexity index is 3860. The first-order valence-electron chi connectivity index (χ1n) is 21.2. The molecular formula is C58H36N4. The minimum atomic E-state index is 0.698. The van der Waals surface area contributed by atoms with Gasteiger partial charge in [0.1, 0.15) is 0 Å². The maximum atomic E-state index is 5.26. The zero-order valence-corrected chi connectivity index (χ0v) is 33.6. The quantitative estimate of drug-likeness (QED) is 0.174. The van der Waals surface area contributed by atoms with E-state index in [2.05, 4.69) is 215 Å². The van der Waals surface area contributed by atoms with Crippen LogP contribution in [0.25, 0.3) is 121 Å². The highest BCUT2D eigenvalue weighted by atomic mass is 15.0. The number of hydrogen-bond acceptors (Lipinski definition) is 2. The molecule has 0 aliphatic rings. The molecule has 0 unspecified atom stereocenters. The van der Waals surface area contributed by atoms with Crippen molar-refractivity contribution >= 4 is 75.9 Å². The maximum absolute atomic E-state index is 5.26. The Labute approximate surface area is 357 Å². The van der Waals surface area contributed by atoms with Crippen molar-refractivity contribution in [2.45, 2.75) is 0 Å². The summed E-state index contributed by atoms with van der Waals surface area (Å²) in [6.07, 6.45) is 0. The lowest BCUT2D eigenvalue weighted by Gasteiger charge is -2.16. The van der Waals surface area contributed by atoms with Gasteiger partial charge in [0.05, 0.1) is 39.1 Å². The molecule has 4 nitrogen and oxygen atoms in total. The van der Waals surface area contributed by atoms with E-state index in [1.54, 1.807) is 0 Å². The van der Waals surface area contributed by atoms with Crippen molar-refractivity contribution in [2.24, 2.45) is 0 Å². The van der Waals surface area contributed by atoms with Crippen molar-refractivity contribution < 1.29 is 0 Å². The standard InChI is InChI=1S/C58H36N4/c1-3-17-39(18-4-1)50-35-51(40-19-5-2-6-20-40)60-58(59-50)47-30-32-53(45-24-12-11-23-44(45)47)62-52-26-14-13-25-46(52)48-34-49-56(36-55(48)62)61(42-29-27-37-15-7-8-21-41(37)33-42)54-31-28-38-16-9-10-22-43(38)57(49)54/h1-36H. The van der Waals surface area contributed by atoms with Crippen LogP contribution in [-0.2, 0) is 0 Å². The number of fused-ring (bicyclic) bond motifs is 10. The summed E-state index contributed by atoms with van der Waals surface area (Å²) in [5.41, 5.74) is 11.8. The van der Waals surface area contributed by atoms with Crippen LogP contribution >= 0.6 is 0 Å². The van der Waals surface area contributed by atoms with Gasteiger partial charge < -0.3 is 9.13 Å². The molecule has 13 rings (SSSR count).